The Labute approximate surface area is 95.5 Å². The zero-order valence-electron chi connectivity index (χ0n) is 9.73. The van der Waals surface area contributed by atoms with Crippen molar-refractivity contribution in [3.8, 4) is 0 Å². The zero-order chi connectivity index (χ0) is 11.8. The van der Waals surface area contributed by atoms with Gasteiger partial charge in [0.1, 0.15) is 0 Å². The van der Waals surface area contributed by atoms with E-state index >= 15 is 0 Å². The third kappa shape index (κ3) is 1.94. The Kier molecular flexibility index (Phi) is 2.70. The van der Waals surface area contributed by atoms with E-state index in [9.17, 15) is 4.79 Å². The number of carboxylic acids is 1. The van der Waals surface area contributed by atoms with Gasteiger partial charge in [-0.25, -0.2) is 0 Å². The van der Waals surface area contributed by atoms with Gasteiger partial charge in [-0.05, 0) is 29.9 Å². The molecule has 0 aromatic carbocycles. The Morgan fingerprint density at radius 1 is 1.62 bits per heavy atom. The molecule has 86 valence electrons. The minimum absolute atomic E-state index is 0.202. The number of hydrogen-bond acceptors (Lipinski definition) is 2. The van der Waals surface area contributed by atoms with Crippen molar-refractivity contribution in [2.75, 3.05) is 0 Å². The highest BCUT2D eigenvalue weighted by atomic mass is 16.4. The van der Waals surface area contributed by atoms with E-state index in [0.29, 0.717) is 0 Å². The van der Waals surface area contributed by atoms with Crippen LogP contribution in [0.2, 0.25) is 0 Å². The molecule has 0 bridgehead atoms. The van der Waals surface area contributed by atoms with Crippen LogP contribution in [-0.2, 0) is 11.2 Å². The molecule has 1 heterocycles. The highest BCUT2D eigenvalue weighted by Crippen LogP contribution is 2.45. The Balaban J connectivity index is 2.27. The van der Waals surface area contributed by atoms with Crippen molar-refractivity contribution in [2.45, 2.75) is 39.0 Å². The summed E-state index contributed by atoms with van der Waals surface area (Å²) < 4.78 is 0. The first-order valence-electron chi connectivity index (χ1n) is 5.66. The maximum absolute atomic E-state index is 10.9. The van der Waals surface area contributed by atoms with Crippen LogP contribution in [0.5, 0.6) is 0 Å². The van der Waals surface area contributed by atoms with Gasteiger partial charge in [-0.1, -0.05) is 19.9 Å². The lowest BCUT2D eigenvalue weighted by molar-refractivity contribution is -0.139. The lowest BCUT2D eigenvalue weighted by atomic mass is 9.75. The van der Waals surface area contributed by atoms with Gasteiger partial charge in [0.25, 0.3) is 0 Å². The van der Waals surface area contributed by atoms with Crippen LogP contribution in [0.15, 0.2) is 18.3 Å². The van der Waals surface area contributed by atoms with E-state index in [0.717, 1.165) is 18.5 Å². The third-order valence-electron chi connectivity index (χ3n) is 3.51. The van der Waals surface area contributed by atoms with Crippen molar-refractivity contribution in [3.05, 3.63) is 29.6 Å². The standard InChI is InChI=1S/C13H17NO2/c1-13(2,8-11(15)16)10-6-5-9-4-3-7-14-12(9)10/h3-4,7,10H,5-6,8H2,1-2H3,(H,15,16). The normalized spacial score (nSPS) is 19.5. The van der Waals surface area contributed by atoms with E-state index in [1.54, 1.807) is 6.20 Å². The quantitative estimate of drug-likeness (QED) is 0.850. The molecule has 3 heteroatoms. The molecule has 0 saturated carbocycles. The SMILES string of the molecule is CC(C)(CC(=O)O)C1CCc2cccnc21. The Morgan fingerprint density at radius 3 is 3.06 bits per heavy atom. The number of rotatable bonds is 3. The fraction of sp³-hybridized carbons (Fsp3) is 0.538. The predicted octanol–water partition coefficient (Wildman–Crippen LogP) is 2.61. The number of hydrogen-bond donors (Lipinski definition) is 1. The van der Waals surface area contributed by atoms with Crippen LogP contribution in [0.1, 0.15) is 43.9 Å². The molecule has 0 radical (unpaired) electrons. The van der Waals surface area contributed by atoms with Crippen LogP contribution in [0.3, 0.4) is 0 Å². The van der Waals surface area contributed by atoms with Gasteiger partial charge in [0.05, 0.1) is 6.42 Å². The second-order valence-corrected chi connectivity index (χ2v) is 5.20. The summed E-state index contributed by atoms with van der Waals surface area (Å²) in [5.74, 6) is -0.450. The van der Waals surface area contributed by atoms with Crippen molar-refractivity contribution in [1.29, 1.82) is 0 Å². The number of carboxylic acid groups (broad SMARTS) is 1. The molecule has 1 atom stereocenters. The minimum Gasteiger partial charge on any atom is -0.481 e. The van der Waals surface area contributed by atoms with Crippen LogP contribution in [0.25, 0.3) is 0 Å². The molecule has 0 fully saturated rings. The Morgan fingerprint density at radius 2 is 2.38 bits per heavy atom. The molecule has 1 aliphatic carbocycles. The lowest BCUT2D eigenvalue weighted by Crippen LogP contribution is -2.24. The van der Waals surface area contributed by atoms with Gasteiger partial charge in [-0.3, -0.25) is 9.78 Å². The summed E-state index contributed by atoms with van der Waals surface area (Å²) in [7, 11) is 0. The maximum Gasteiger partial charge on any atom is 0.303 e. The fourth-order valence-electron chi connectivity index (χ4n) is 2.69. The zero-order valence-corrected chi connectivity index (χ0v) is 9.73. The van der Waals surface area contributed by atoms with E-state index in [1.165, 1.54) is 5.56 Å². The molecule has 0 spiro atoms. The highest BCUT2D eigenvalue weighted by Gasteiger charge is 2.37. The summed E-state index contributed by atoms with van der Waals surface area (Å²) in [4.78, 5) is 15.3. The first-order valence-corrected chi connectivity index (χ1v) is 5.66. The van der Waals surface area contributed by atoms with E-state index in [-0.39, 0.29) is 17.8 Å². The third-order valence-corrected chi connectivity index (χ3v) is 3.51. The minimum atomic E-state index is -0.727. The number of aliphatic carboxylic acids is 1. The van der Waals surface area contributed by atoms with Crippen LogP contribution >= 0.6 is 0 Å². The topological polar surface area (TPSA) is 50.2 Å². The molecule has 1 aromatic rings. The molecule has 16 heavy (non-hydrogen) atoms. The van der Waals surface area contributed by atoms with Gasteiger partial charge >= 0.3 is 5.97 Å². The molecule has 1 N–H and O–H groups in total. The smallest absolute Gasteiger partial charge is 0.303 e. The van der Waals surface area contributed by atoms with Crippen LogP contribution in [0, 0.1) is 5.41 Å². The second-order valence-electron chi connectivity index (χ2n) is 5.20. The summed E-state index contributed by atoms with van der Waals surface area (Å²) in [5.41, 5.74) is 2.17. The molecule has 1 unspecified atom stereocenters. The fourth-order valence-corrected chi connectivity index (χ4v) is 2.69. The molecular weight excluding hydrogens is 202 g/mol. The molecular formula is C13H17NO2. The number of aromatic nitrogens is 1. The number of carbonyl (C=O) groups is 1. The van der Waals surface area contributed by atoms with Crippen LogP contribution in [-0.4, -0.2) is 16.1 Å². The highest BCUT2D eigenvalue weighted by molar-refractivity contribution is 5.67. The van der Waals surface area contributed by atoms with E-state index in [1.807, 2.05) is 19.9 Å². The van der Waals surface area contributed by atoms with Gasteiger partial charge in [-0.2, -0.15) is 0 Å². The largest absolute Gasteiger partial charge is 0.481 e. The molecule has 1 aliphatic rings. The van der Waals surface area contributed by atoms with E-state index in [2.05, 4.69) is 11.1 Å². The van der Waals surface area contributed by atoms with Crippen LogP contribution in [0.4, 0.5) is 0 Å². The average molecular weight is 219 g/mol. The molecule has 0 saturated heterocycles. The Hall–Kier alpha value is -1.38. The van der Waals surface area contributed by atoms with Crippen molar-refractivity contribution in [2.24, 2.45) is 5.41 Å². The number of pyridine rings is 1. The van der Waals surface area contributed by atoms with E-state index < -0.39 is 5.97 Å². The molecule has 1 aromatic heterocycles. The van der Waals surface area contributed by atoms with Gasteiger partial charge in [-0.15, -0.1) is 0 Å². The lowest BCUT2D eigenvalue weighted by Gasteiger charge is -2.30. The monoisotopic (exact) mass is 219 g/mol. The molecule has 2 rings (SSSR count). The summed E-state index contributed by atoms with van der Waals surface area (Å²) >= 11 is 0. The Bertz CT molecular complexity index is 412. The van der Waals surface area contributed by atoms with E-state index in [4.69, 9.17) is 5.11 Å². The summed E-state index contributed by atoms with van der Waals surface area (Å²) in [5, 5.41) is 8.94. The number of nitrogens with zero attached hydrogens (tertiary/aromatic N) is 1. The molecule has 3 nitrogen and oxygen atoms in total. The van der Waals surface area contributed by atoms with Gasteiger partial charge in [0, 0.05) is 17.8 Å². The van der Waals surface area contributed by atoms with Gasteiger partial charge in [0.2, 0.25) is 0 Å². The number of aryl methyl sites for hydroxylation is 1. The second kappa shape index (κ2) is 3.89. The predicted molar refractivity (Wildman–Crippen MR) is 61.3 cm³/mol. The van der Waals surface area contributed by atoms with Gasteiger partial charge < -0.3 is 5.11 Å². The summed E-state index contributed by atoms with van der Waals surface area (Å²) in [6.45, 7) is 4.05. The van der Waals surface area contributed by atoms with Crippen molar-refractivity contribution in [1.82, 2.24) is 4.98 Å². The van der Waals surface area contributed by atoms with Crippen molar-refractivity contribution >= 4 is 5.97 Å². The summed E-state index contributed by atoms with van der Waals surface area (Å²) in [6.07, 6.45) is 4.05. The molecule has 0 aliphatic heterocycles. The molecule has 0 amide bonds. The van der Waals surface area contributed by atoms with Crippen LogP contribution < -0.4 is 0 Å². The first kappa shape index (κ1) is 11.1. The number of fused-ring (bicyclic) bond motifs is 1. The average Bonchev–Trinajstić information content (AvgIpc) is 2.59. The first-order chi connectivity index (χ1) is 7.50. The summed E-state index contributed by atoms with van der Waals surface area (Å²) in [6, 6.07) is 4.05. The van der Waals surface area contributed by atoms with Crippen molar-refractivity contribution in [3.63, 3.8) is 0 Å². The maximum atomic E-state index is 10.9. The van der Waals surface area contributed by atoms with Crippen molar-refractivity contribution < 1.29 is 9.90 Å². The van der Waals surface area contributed by atoms with Gasteiger partial charge in [0.15, 0.2) is 0 Å².